The summed E-state index contributed by atoms with van der Waals surface area (Å²) in [4.78, 5) is 28.6. The monoisotopic (exact) mass is 439 g/mol. The van der Waals surface area contributed by atoms with E-state index in [1.807, 2.05) is 32.0 Å². The SMILES string of the molecule is Cc1nc(-c2ccccn2)nc(N2CCC(C(=O)Nc3ccc(F)c(Cl)c3)CC2)c1C. The highest BCUT2D eigenvalue weighted by Crippen LogP contribution is 2.28. The van der Waals surface area contributed by atoms with Crippen LogP contribution in [0.15, 0.2) is 42.6 Å². The van der Waals surface area contributed by atoms with Gasteiger partial charge in [0.15, 0.2) is 5.82 Å². The van der Waals surface area contributed by atoms with Crippen molar-refractivity contribution in [3.63, 3.8) is 0 Å². The fourth-order valence-electron chi connectivity index (χ4n) is 3.70. The number of hydrogen-bond donors (Lipinski definition) is 1. The van der Waals surface area contributed by atoms with Crippen LogP contribution in [0.3, 0.4) is 0 Å². The van der Waals surface area contributed by atoms with Gasteiger partial charge < -0.3 is 10.2 Å². The van der Waals surface area contributed by atoms with Crippen LogP contribution in [0.5, 0.6) is 0 Å². The van der Waals surface area contributed by atoms with E-state index in [0.717, 1.165) is 22.8 Å². The second kappa shape index (κ2) is 8.98. The number of hydrogen-bond acceptors (Lipinski definition) is 5. The van der Waals surface area contributed by atoms with Gasteiger partial charge in [0.1, 0.15) is 17.3 Å². The van der Waals surface area contributed by atoms with Gasteiger partial charge in [-0.3, -0.25) is 9.78 Å². The highest BCUT2D eigenvalue weighted by molar-refractivity contribution is 6.31. The Hall–Kier alpha value is -3.06. The molecule has 1 aliphatic heterocycles. The van der Waals surface area contributed by atoms with E-state index in [4.69, 9.17) is 16.6 Å². The molecule has 1 saturated heterocycles. The molecule has 3 heterocycles. The van der Waals surface area contributed by atoms with Gasteiger partial charge in [0.2, 0.25) is 5.91 Å². The molecule has 0 spiro atoms. The summed E-state index contributed by atoms with van der Waals surface area (Å²) in [6.45, 7) is 5.41. The Balaban J connectivity index is 1.45. The number of amides is 1. The Morgan fingerprint density at radius 2 is 1.94 bits per heavy atom. The van der Waals surface area contributed by atoms with Crippen molar-refractivity contribution in [3.05, 3.63) is 64.7 Å². The Bertz CT molecular complexity index is 1100. The van der Waals surface area contributed by atoms with E-state index in [1.165, 1.54) is 18.2 Å². The first-order valence-electron chi connectivity index (χ1n) is 10.2. The number of carbonyl (C=O) groups excluding carboxylic acids is 1. The third-order valence-electron chi connectivity index (χ3n) is 5.61. The van der Waals surface area contributed by atoms with E-state index in [0.29, 0.717) is 37.4 Å². The van der Waals surface area contributed by atoms with Gasteiger partial charge in [-0.2, -0.15) is 0 Å². The number of rotatable bonds is 4. The molecule has 1 aliphatic rings. The third-order valence-corrected chi connectivity index (χ3v) is 5.90. The van der Waals surface area contributed by atoms with Crippen molar-refractivity contribution in [2.75, 3.05) is 23.3 Å². The molecule has 1 amide bonds. The van der Waals surface area contributed by atoms with Gasteiger partial charge in [0.05, 0.1) is 5.02 Å². The summed E-state index contributed by atoms with van der Waals surface area (Å²) in [5.74, 6) is 0.781. The summed E-state index contributed by atoms with van der Waals surface area (Å²) in [7, 11) is 0. The maximum absolute atomic E-state index is 13.3. The van der Waals surface area contributed by atoms with Crippen LogP contribution >= 0.6 is 11.6 Å². The lowest BCUT2D eigenvalue weighted by Crippen LogP contribution is -2.39. The van der Waals surface area contributed by atoms with Gasteiger partial charge in [-0.1, -0.05) is 17.7 Å². The second-order valence-electron chi connectivity index (χ2n) is 7.68. The normalized spacial score (nSPS) is 14.5. The van der Waals surface area contributed by atoms with Crippen molar-refractivity contribution in [3.8, 4) is 11.5 Å². The van der Waals surface area contributed by atoms with Crippen molar-refractivity contribution in [1.29, 1.82) is 0 Å². The zero-order valence-electron chi connectivity index (χ0n) is 17.4. The molecule has 2 aromatic heterocycles. The van der Waals surface area contributed by atoms with Gasteiger partial charge >= 0.3 is 0 Å². The Labute approximate surface area is 185 Å². The molecule has 0 bridgehead atoms. The van der Waals surface area contributed by atoms with Crippen molar-refractivity contribution in [2.45, 2.75) is 26.7 Å². The number of nitrogens with one attached hydrogen (secondary N) is 1. The van der Waals surface area contributed by atoms with Crippen LogP contribution in [-0.4, -0.2) is 33.9 Å². The van der Waals surface area contributed by atoms with Gasteiger partial charge in [-0.25, -0.2) is 14.4 Å². The first-order chi connectivity index (χ1) is 14.9. The number of halogens is 2. The predicted octanol–water partition coefficient (Wildman–Crippen LogP) is 4.80. The minimum atomic E-state index is -0.506. The van der Waals surface area contributed by atoms with E-state index in [-0.39, 0.29) is 16.8 Å². The lowest BCUT2D eigenvalue weighted by atomic mass is 9.95. The molecule has 160 valence electrons. The zero-order chi connectivity index (χ0) is 22.0. The molecule has 0 unspecified atom stereocenters. The second-order valence-corrected chi connectivity index (χ2v) is 8.08. The number of nitrogens with zero attached hydrogens (tertiary/aromatic N) is 4. The number of anilines is 2. The average Bonchev–Trinajstić information content (AvgIpc) is 2.79. The molecular formula is C23H23ClFN5O. The third kappa shape index (κ3) is 4.66. The van der Waals surface area contributed by atoms with Gasteiger partial charge in [-0.15, -0.1) is 0 Å². The van der Waals surface area contributed by atoms with Crippen molar-refractivity contribution in [1.82, 2.24) is 15.0 Å². The van der Waals surface area contributed by atoms with Crippen LogP contribution < -0.4 is 10.2 Å². The van der Waals surface area contributed by atoms with Crippen LogP contribution in [0, 0.1) is 25.6 Å². The van der Waals surface area contributed by atoms with Crippen LogP contribution in [0.1, 0.15) is 24.1 Å². The first kappa shape index (κ1) is 21.2. The van der Waals surface area contributed by atoms with Gasteiger partial charge in [0, 0.05) is 42.1 Å². The standard InChI is InChI=1S/C23H23ClFN5O/c1-14-15(2)27-21(20-5-3-4-10-26-20)29-22(14)30-11-8-16(9-12-30)23(31)28-17-6-7-19(25)18(24)13-17/h3-7,10,13,16H,8-9,11-12H2,1-2H3,(H,28,31). The highest BCUT2D eigenvalue weighted by atomic mass is 35.5. The van der Waals surface area contributed by atoms with E-state index in [2.05, 4.69) is 20.2 Å². The summed E-state index contributed by atoms with van der Waals surface area (Å²) >= 11 is 5.81. The van der Waals surface area contributed by atoms with Crippen LogP contribution in [0.25, 0.3) is 11.5 Å². The molecule has 1 aromatic carbocycles. The topological polar surface area (TPSA) is 71.0 Å². The molecule has 8 heteroatoms. The fourth-order valence-corrected chi connectivity index (χ4v) is 3.88. The molecule has 3 aromatic rings. The quantitative estimate of drug-likeness (QED) is 0.632. The highest BCUT2D eigenvalue weighted by Gasteiger charge is 2.27. The maximum Gasteiger partial charge on any atom is 0.227 e. The number of benzene rings is 1. The van der Waals surface area contributed by atoms with E-state index < -0.39 is 5.82 Å². The predicted molar refractivity (Wildman–Crippen MR) is 120 cm³/mol. The molecule has 0 saturated carbocycles. The summed E-state index contributed by atoms with van der Waals surface area (Å²) in [6, 6.07) is 9.86. The van der Waals surface area contributed by atoms with Gasteiger partial charge in [-0.05, 0) is 57.0 Å². The van der Waals surface area contributed by atoms with Crippen molar-refractivity contribution < 1.29 is 9.18 Å². The Morgan fingerprint density at radius 1 is 1.16 bits per heavy atom. The minimum absolute atomic E-state index is 0.00839. The summed E-state index contributed by atoms with van der Waals surface area (Å²) in [6.07, 6.45) is 3.12. The molecule has 4 rings (SSSR count). The Kier molecular flexibility index (Phi) is 6.13. The average molecular weight is 440 g/mol. The minimum Gasteiger partial charge on any atom is -0.356 e. The summed E-state index contributed by atoms with van der Waals surface area (Å²) in [5, 5.41) is 2.83. The lowest BCUT2D eigenvalue weighted by Gasteiger charge is -2.33. The molecule has 0 aliphatic carbocycles. The number of aryl methyl sites for hydroxylation is 1. The van der Waals surface area contributed by atoms with Crippen molar-refractivity contribution >= 4 is 29.0 Å². The van der Waals surface area contributed by atoms with Crippen LogP contribution in [-0.2, 0) is 4.79 Å². The zero-order valence-corrected chi connectivity index (χ0v) is 18.2. The van der Waals surface area contributed by atoms with Gasteiger partial charge in [0.25, 0.3) is 0 Å². The van der Waals surface area contributed by atoms with E-state index in [9.17, 15) is 9.18 Å². The molecule has 1 fully saturated rings. The largest absolute Gasteiger partial charge is 0.356 e. The number of aromatic nitrogens is 3. The first-order valence-corrected chi connectivity index (χ1v) is 10.6. The molecular weight excluding hydrogens is 417 g/mol. The number of carbonyl (C=O) groups is 1. The van der Waals surface area contributed by atoms with Crippen LogP contribution in [0.2, 0.25) is 5.02 Å². The maximum atomic E-state index is 13.3. The molecule has 6 nitrogen and oxygen atoms in total. The molecule has 0 atom stereocenters. The molecule has 31 heavy (non-hydrogen) atoms. The summed E-state index contributed by atoms with van der Waals surface area (Å²) in [5.41, 5.74) is 3.18. The fraction of sp³-hybridized carbons (Fsp3) is 0.304. The Morgan fingerprint density at radius 3 is 2.61 bits per heavy atom. The lowest BCUT2D eigenvalue weighted by molar-refractivity contribution is -0.120. The molecule has 0 radical (unpaired) electrons. The smallest absolute Gasteiger partial charge is 0.227 e. The van der Waals surface area contributed by atoms with Crippen molar-refractivity contribution in [2.24, 2.45) is 5.92 Å². The van der Waals surface area contributed by atoms with E-state index in [1.54, 1.807) is 6.20 Å². The molecule has 1 N–H and O–H groups in total. The number of pyridine rings is 1. The van der Waals surface area contributed by atoms with E-state index >= 15 is 0 Å². The van der Waals surface area contributed by atoms with Crippen LogP contribution in [0.4, 0.5) is 15.9 Å². The number of piperidine rings is 1. The summed E-state index contributed by atoms with van der Waals surface area (Å²) < 4.78 is 13.3.